The summed E-state index contributed by atoms with van der Waals surface area (Å²) in [5, 5.41) is 3.63. The second-order valence-corrected chi connectivity index (χ2v) is 6.43. The molecule has 1 N–H and O–H groups in total. The molecular weight excluding hydrogens is 342 g/mol. The predicted molar refractivity (Wildman–Crippen MR) is 111 cm³/mol. The van der Waals surface area contributed by atoms with Crippen molar-refractivity contribution in [2.75, 3.05) is 6.54 Å². The molecule has 136 valence electrons. The van der Waals surface area contributed by atoms with Crippen LogP contribution in [0.5, 0.6) is 11.5 Å². The summed E-state index contributed by atoms with van der Waals surface area (Å²) in [6.07, 6.45) is 0. The minimum atomic E-state index is 0. The van der Waals surface area contributed by atoms with Gasteiger partial charge in [-0.1, -0.05) is 67.6 Å². The number of hydrogen-bond donors (Lipinski definition) is 1. The third kappa shape index (κ3) is 5.62. The Morgan fingerprint density at radius 3 is 2.00 bits per heavy atom. The molecule has 0 spiro atoms. The third-order valence-corrected chi connectivity index (χ3v) is 4.44. The van der Waals surface area contributed by atoms with Gasteiger partial charge in [0.15, 0.2) is 0 Å². The largest absolute Gasteiger partial charge is 0.457 e. The van der Waals surface area contributed by atoms with Gasteiger partial charge in [-0.05, 0) is 48.2 Å². The van der Waals surface area contributed by atoms with E-state index in [0.29, 0.717) is 12.0 Å². The van der Waals surface area contributed by atoms with E-state index in [1.165, 1.54) is 11.1 Å². The highest BCUT2D eigenvalue weighted by Crippen LogP contribution is 2.25. The Labute approximate surface area is 162 Å². The van der Waals surface area contributed by atoms with Gasteiger partial charge in [0.05, 0.1) is 0 Å². The fourth-order valence-corrected chi connectivity index (χ4v) is 2.84. The van der Waals surface area contributed by atoms with Crippen LogP contribution in [-0.2, 0) is 0 Å². The number of rotatable bonds is 7. The van der Waals surface area contributed by atoms with Gasteiger partial charge in [0.1, 0.15) is 11.5 Å². The molecule has 0 heterocycles. The van der Waals surface area contributed by atoms with Crippen LogP contribution in [0.2, 0.25) is 0 Å². The summed E-state index contributed by atoms with van der Waals surface area (Å²) in [5.41, 5.74) is 2.59. The maximum Gasteiger partial charge on any atom is 0.127 e. The average molecular weight is 368 g/mol. The van der Waals surface area contributed by atoms with Gasteiger partial charge in [0, 0.05) is 12.6 Å². The van der Waals surface area contributed by atoms with Crippen LogP contribution in [0.3, 0.4) is 0 Å². The van der Waals surface area contributed by atoms with Gasteiger partial charge in [-0.25, -0.2) is 0 Å². The number of nitrogens with one attached hydrogen (secondary N) is 1. The number of halogens is 1. The number of benzene rings is 3. The van der Waals surface area contributed by atoms with Gasteiger partial charge in [-0.3, -0.25) is 0 Å². The number of para-hydroxylation sites is 1. The number of ether oxygens (including phenoxy) is 1. The number of hydrogen-bond acceptors (Lipinski definition) is 2. The molecule has 3 aromatic rings. The van der Waals surface area contributed by atoms with Crippen molar-refractivity contribution in [3.8, 4) is 11.5 Å². The second-order valence-electron chi connectivity index (χ2n) is 6.43. The van der Waals surface area contributed by atoms with E-state index in [2.05, 4.69) is 67.7 Å². The first-order chi connectivity index (χ1) is 12.2. The smallest absolute Gasteiger partial charge is 0.127 e. The topological polar surface area (TPSA) is 21.3 Å². The standard InChI is InChI=1S/C23H25NO.ClH/c1-18(17-24-19(2)20-10-5-3-6-11-20)21-12-9-15-23(16-21)25-22-13-7-4-8-14-22;/h3-16,18-19,24H,17H2,1-2H3;1H. The molecule has 2 unspecified atom stereocenters. The summed E-state index contributed by atoms with van der Waals surface area (Å²) >= 11 is 0. The van der Waals surface area contributed by atoms with E-state index in [1.54, 1.807) is 0 Å². The SMILES string of the molecule is CC(CNC(C)c1ccccc1)c1cccc(Oc2ccccc2)c1.Cl. The van der Waals surface area contributed by atoms with Crippen LogP contribution in [0.15, 0.2) is 84.9 Å². The summed E-state index contributed by atoms with van der Waals surface area (Å²) in [4.78, 5) is 0. The first-order valence-electron chi connectivity index (χ1n) is 8.83. The van der Waals surface area contributed by atoms with Crippen molar-refractivity contribution in [2.45, 2.75) is 25.8 Å². The van der Waals surface area contributed by atoms with E-state index in [1.807, 2.05) is 36.4 Å². The Morgan fingerprint density at radius 1 is 0.731 bits per heavy atom. The molecule has 0 saturated carbocycles. The van der Waals surface area contributed by atoms with Crippen LogP contribution in [0.1, 0.15) is 36.9 Å². The maximum atomic E-state index is 5.94. The first-order valence-corrected chi connectivity index (χ1v) is 8.83. The lowest BCUT2D eigenvalue weighted by atomic mass is 10.00. The zero-order chi connectivity index (χ0) is 17.5. The van der Waals surface area contributed by atoms with Crippen molar-refractivity contribution in [3.63, 3.8) is 0 Å². The van der Waals surface area contributed by atoms with Crippen LogP contribution in [0.25, 0.3) is 0 Å². The summed E-state index contributed by atoms with van der Waals surface area (Å²) < 4.78 is 5.94. The van der Waals surface area contributed by atoms with Crippen LogP contribution >= 0.6 is 12.4 Å². The van der Waals surface area contributed by atoms with Crippen molar-refractivity contribution in [1.29, 1.82) is 0 Å². The van der Waals surface area contributed by atoms with Crippen molar-refractivity contribution < 1.29 is 4.74 Å². The fraction of sp³-hybridized carbons (Fsp3) is 0.217. The minimum absolute atomic E-state index is 0. The molecule has 0 aliphatic carbocycles. The molecule has 2 atom stereocenters. The molecule has 2 nitrogen and oxygen atoms in total. The monoisotopic (exact) mass is 367 g/mol. The van der Waals surface area contributed by atoms with E-state index in [-0.39, 0.29) is 12.4 Å². The van der Waals surface area contributed by atoms with Crippen LogP contribution in [-0.4, -0.2) is 6.54 Å². The molecule has 0 aromatic heterocycles. The molecule has 0 aliphatic rings. The summed E-state index contributed by atoms with van der Waals surface area (Å²) in [6.45, 7) is 5.37. The van der Waals surface area contributed by atoms with Gasteiger partial charge in [0.25, 0.3) is 0 Å². The van der Waals surface area contributed by atoms with Crippen molar-refractivity contribution in [2.24, 2.45) is 0 Å². The molecule has 0 amide bonds. The molecule has 26 heavy (non-hydrogen) atoms. The Bertz CT molecular complexity index is 776. The van der Waals surface area contributed by atoms with E-state index in [9.17, 15) is 0 Å². The third-order valence-electron chi connectivity index (χ3n) is 4.44. The van der Waals surface area contributed by atoms with E-state index >= 15 is 0 Å². The summed E-state index contributed by atoms with van der Waals surface area (Å²) in [5.74, 6) is 2.15. The fourth-order valence-electron chi connectivity index (χ4n) is 2.84. The molecule has 0 bridgehead atoms. The molecule has 3 rings (SSSR count). The molecule has 0 radical (unpaired) electrons. The Balaban J connectivity index is 0.00000243. The highest BCUT2D eigenvalue weighted by molar-refractivity contribution is 5.85. The van der Waals surface area contributed by atoms with Crippen LogP contribution < -0.4 is 10.1 Å². The first kappa shape index (κ1) is 20.0. The summed E-state index contributed by atoms with van der Waals surface area (Å²) in [7, 11) is 0. The van der Waals surface area contributed by atoms with Crippen molar-refractivity contribution in [1.82, 2.24) is 5.32 Å². The van der Waals surface area contributed by atoms with E-state index in [4.69, 9.17) is 4.74 Å². The van der Waals surface area contributed by atoms with E-state index < -0.39 is 0 Å². The lowest BCUT2D eigenvalue weighted by Gasteiger charge is -2.19. The Morgan fingerprint density at radius 2 is 1.31 bits per heavy atom. The van der Waals surface area contributed by atoms with Crippen molar-refractivity contribution in [3.05, 3.63) is 96.1 Å². The maximum absolute atomic E-state index is 5.94. The predicted octanol–water partition coefficient (Wildman–Crippen LogP) is 6.36. The highest BCUT2D eigenvalue weighted by Gasteiger charge is 2.10. The highest BCUT2D eigenvalue weighted by atomic mass is 35.5. The lowest BCUT2D eigenvalue weighted by Crippen LogP contribution is -2.23. The lowest BCUT2D eigenvalue weighted by molar-refractivity contribution is 0.480. The van der Waals surface area contributed by atoms with Gasteiger partial charge in [-0.2, -0.15) is 0 Å². The zero-order valence-corrected chi connectivity index (χ0v) is 16.1. The quantitative estimate of drug-likeness (QED) is 0.525. The Hall–Kier alpha value is -2.29. The van der Waals surface area contributed by atoms with Gasteiger partial charge in [0.2, 0.25) is 0 Å². The van der Waals surface area contributed by atoms with Gasteiger partial charge < -0.3 is 10.1 Å². The molecule has 0 fully saturated rings. The molecule has 3 heteroatoms. The molecule has 0 saturated heterocycles. The normalized spacial score (nSPS) is 12.7. The van der Waals surface area contributed by atoms with Crippen molar-refractivity contribution >= 4 is 12.4 Å². The molecule has 0 aliphatic heterocycles. The summed E-state index contributed by atoms with van der Waals surface area (Å²) in [6, 6.07) is 29.1. The van der Waals surface area contributed by atoms with Crippen LogP contribution in [0.4, 0.5) is 0 Å². The Kier molecular flexibility index (Phi) is 7.71. The van der Waals surface area contributed by atoms with E-state index in [0.717, 1.165) is 18.0 Å². The minimum Gasteiger partial charge on any atom is -0.457 e. The second kappa shape index (κ2) is 10.0. The average Bonchev–Trinajstić information content (AvgIpc) is 2.67. The molecular formula is C23H26ClNO. The van der Waals surface area contributed by atoms with Crippen LogP contribution in [0, 0.1) is 0 Å². The molecule has 3 aromatic carbocycles. The van der Waals surface area contributed by atoms with Gasteiger partial charge >= 0.3 is 0 Å². The zero-order valence-electron chi connectivity index (χ0n) is 15.3. The van der Waals surface area contributed by atoms with Gasteiger partial charge in [-0.15, -0.1) is 12.4 Å².